The topological polar surface area (TPSA) is 70.6 Å². The van der Waals surface area contributed by atoms with E-state index in [0.717, 1.165) is 55.6 Å². The third-order valence-corrected chi connectivity index (χ3v) is 3.81. The van der Waals surface area contributed by atoms with E-state index >= 15 is 0 Å². The van der Waals surface area contributed by atoms with Crippen molar-refractivity contribution in [1.82, 2.24) is 15.6 Å². The number of aliphatic imine (C=N–C) groups is 1. The van der Waals surface area contributed by atoms with E-state index < -0.39 is 0 Å². The highest BCUT2D eigenvalue weighted by Gasteiger charge is 2.02. The standard InChI is InChI=1S/C20H29N5O.HI/c1-3-21-20(25-16-17-10-4-5-11-18(17)26-2)24-15-9-8-14-23-19-12-6-7-13-22-19;/h4-7,10-13H,3,8-9,14-16H2,1-2H3,(H,22,23)(H2,21,24,25);1H. The summed E-state index contributed by atoms with van der Waals surface area (Å²) in [5.74, 6) is 2.62. The van der Waals surface area contributed by atoms with Crippen LogP contribution in [0.15, 0.2) is 53.7 Å². The number of hydrogen-bond donors (Lipinski definition) is 3. The van der Waals surface area contributed by atoms with Gasteiger partial charge < -0.3 is 20.7 Å². The molecule has 27 heavy (non-hydrogen) atoms. The maximum absolute atomic E-state index is 5.38. The zero-order valence-corrected chi connectivity index (χ0v) is 18.4. The summed E-state index contributed by atoms with van der Waals surface area (Å²) in [7, 11) is 1.69. The summed E-state index contributed by atoms with van der Waals surface area (Å²) in [6.45, 7) is 5.27. The number of nitrogens with one attached hydrogen (secondary N) is 3. The number of nitrogens with zero attached hydrogens (tertiary/aromatic N) is 2. The summed E-state index contributed by atoms with van der Waals surface area (Å²) in [4.78, 5) is 8.90. The first-order chi connectivity index (χ1) is 12.8. The van der Waals surface area contributed by atoms with Crippen LogP contribution >= 0.6 is 24.0 Å². The van der Waals surface area contributed by atoms with E-state index in [1.807, 2.05) is 42.5 Å². The van der Waals surface area contributed by atoms with Gasteiger partial charge in [-0.05, 0) is 38.0 Å². The minimum absolute atomic E-state index is 0. The Morgan fingerprint density at radius 1 is 1.04 bits per heavy atom. The molecular formula is C20H30IN5O. The quantitative estimate of drug-likeness (QED) is 0.208. The predicted octanol–water partition coefficient (Wildman–Crippen LogP) is 3.66. The molecule has 0 aliphatic rings. The Morgan fingerprint density at radius 3 is 2.56 bits per heavy atom. The molecule has 2 aromatic rings. The van der Waals surface area contributed by atoms with Crippen LogP contribution in [0.25, 0.3) is 0 Å². The number of guanidine groups is 1. The van der Waals surface area contributed by atoms with Gasteiger partial charge in [-0.3, -0.25) is 0 Å². The summed E-state index contributed by atoms with van der Waals surface area (Å²) in [5.41, 5.74) is 1.08. The molecule has 0 saturated carbocycles. The molecule has 0 aliphatic heterocycles. The van der Waals surface area contributed by atoms with Crippen LogP contribution in [0.2, 0.25) is 0 Å². The number of aromatic nitrogens is 1. The fourth-order valence-corrected chi connectivity index (χ4v) is 2.48. The average molecular weight is 483 g/mol. The van der Waals surface area contributed by atoms with Crippen LogP contribution in [0.1, 0.15) is 25.3 Å². The lowest BCUT2D eigenvalue weighted by Gasteiger charge is -2.12. The van der Waals surface area contributed by atoms with Crippen molar-refractivity contribution in [3.63, 3.8) is 0 Å². The van der Waals surface area contributed by atoms with Gasteiger partial charge in [0.15, 0.2) is 5.96 Å². The van der Waals surface area contributed by atoms with Crippen LogP contribution in [-0.4, -0.2) is 37.7 Å². The molecule has 0 amide bonds. The normalized spacial score (nSPS) is 10.7. The van der Waals surface area contributed by atoms with Crippen LogP contribution in [0, 0.1) is 0 Å². The van der Waals surface area contributed by atoms with E-state index in [9.17, 15) is 0 Å². The molecule has 1 aromatic carbocycles. The number of pyridine rings is 1. The van der Waals surface area contributed by atoms with Crippen molar-refractivity contribution in [2.24, 2.45) is 4.99 Å². The second-order valence-corrected chi connectivity index (χ2v) is 5.78. The zero-order chi connectivity index (χ0) is 18.5. The first-order valence-corrected chi connectivity index (χ1v) is 9.12. The second-order valence-electron chi connectivity index (χ2n) is 5.78. The van der Waals surface area contributed by atoms with Gasteiger partial charge in [0, 0.05) is 31.4 Å². The summed E-state index contributed by atoms with van der Waals surface area (Å²) >= 11 is 0. The smallest absolute Gasteiger partial charge is 0.191 e. The molecule has 0 atom stereocenters. The van der Waals surface area contributed by atoms with Crippen molar-refractivity contribution in [2.45, 2.75) is 26.3 Å². The molecule has 0 unspecified atom stereocenters. The van der Waals surface area contributed by atoms with Crippen LogP contribution in [0.4, 0.5) is 5.82 Å². The fourth-order valence-electron chi connectivity index (χ4n) is 2.48. The zero-order valence-electron chi connectivity index (χ0n) is 16.1. The summed E-state index contributed by atoms with van der Waals surface area (Å²) in [6, 6.07) is 13.8. The maximum Gasteiger partial charge on any atom is 0.191 e. The van der Waals surface area contributed by atoms with Gasteiger partial charge in [-0.25, -0.2) is 9.98 Å². The van der Waals surface area contributed by atoms with Crippen molar-refractivity contribution in [2.75, 3.05) is 32.1 Å². The molecule has 6 nitrogen and oxygen atoms in total. The highest BCUT2D eigenvalue weighted by Crippen LogP contribution is 2.17. The van der Waals surface area contributed by atoms with E-state index in [1.54, 1.807) is 13.3 Å². The lowest BCUT2D eigenvalue weighted by Crippen LogP contribution is -2.37. The van der Waals surface area contributed by atoms with Crippen molar-refractivity contribution in [1.29, 1.82) is 0 Å². The lowest BCUT2D eigenvalue weighted by atomic mass is 10.2. The first kappa shape index (κ1) is 23.0. The van der Waals surface area contributed by atoms with Gasteiger partial charge in [-0.15, -0.1) is 24.0 Å². The van der Waals surface area contributed by atoms with Crippen molar-refractivity contribution in [3.8, 4) is 5.75 Å². The highest BCUT2D eigenvalue weighted by molar-refractivity contribution is 14.0. The number of halogens is 1. The molecule has 0 bridgehead atoms. The number of ether oxygens (including phenoxy) is 1. The van der Waals surface area contributed by atoms with Gasteiger partial charge >= 0.3 is 0 Å². The van der Waals surface area contributed by atoms with Gasteiger partial charge in [-0.1, -0.05) is 24.3 Å². The number of hydrogen-bond acceptors (Lipinski definition) is 4. The van der Waals surface area contributed by atoms with Gasteiger partial charge in [0.2, 0.25) is 0 Å². The monoisotopic (exact) mass is 483 g/mol. The van der Waals surface area contributed by atoms with E-state index in [4.69, 9.17) is 4.74 Å². The Bertz CT molecular complexity index is 666. The molecule has 148 valence electrons. The molecule has 0 fully saturated rings. The number of para-hydroxylation sites is 1. The number of benzene rings is 1. The molecule has 0 saturated heterocycles. The Hall–Kier alpha value is -2.03. The number of unbranched alkanes of at least 4 members (excludes halogenated alkanes) is 1. The maximum atomic E-state index is 5.38. The Labute approximate surface area is 179 Å². The average Bonchev–Trinajstić information content (AvgIpc) is 2.69. The van der Waals surface area contributed by atoms with Crippen molar-refractivity contribution < 1.29 is 4.74 Å². The van der Waals surface area contributed by atoms with Gasteiger partial charge in [0.05, 0.1) is 13.7 Å². The molecule has 1 heterocycles. The predicted molar refractivity (Wildman–Crippen MR) is 123 cm³/mol. The van der Waals surface area contributed by atoms with Crippen LogP contribution in [-0.2, 0) is 6.54 Å². The molecule has 0 aliphatic carbocycles. The van der Waals surface area contributed by atoms with Gasteiger partial charge in [-0.2, -0.15) is 0 Å². The second kappa shape index (κ2) is 14.1. The van der Waals surface area contributed by atoms with Gasteiger partial charge in [0.1, 0.15) is 11.6 Å². The summed E-state index contributed by atoms with van der Waals surface area (Å²) in [6.07, 6.45) is 3.92. The third kappa shape index (κ3) is 8.94. The lowest BCUT2D eigenvalue weighted by molar-refractivity contribution is 0.410. The van der Waals surface area contributed by atoms with Crippen molar-refractivity contribution in [3.05, 3.63) is 54.2 Å². The highest BCUT2D eigenvalue weighted by atomic mass is 127. The molecule has 0 radical (unpaired) electrons. The molecule has 7 heteroatoms. The molecular weight excluding hydrogens is 453 g/mol. The molecule has 0 spiro atoms. The Morgan fingerprint density at radius 2 is 1.81 bits per heavy atom. The number of methoxy groups -OCH3 is 1. The van der Waals surface area contributed by atoms with E-state index in [2.05, 4.69) is 32.9 Å². The molecule has 2 rings (SSSR count). The van der Waals surface area contributed by atoms with Crippen molar-refractivity contribution >= 4 is 35.8 Å². The minimum atomic E-state index is 0. The fraction of sp³-hybridized carbons (Fsp3) is 0.400. The summed E-state index contributed by atoms with van der Waals surface area (Å²) < 4.78 is 5.38. The van der Waals surface area contributed by atoms with E-state index in [-0.39, 0.29) is 24.0 Å². The van der Waals surface area contributed by atoms with Crippen LogP contribution < -0.4 is 20.7 Å². The number of anilines is 1. The Kier molecular flexibility index (Phi) is 12.0. The van der Waals surface area contributed by atoms with Crippen LogP contribution in [0.5, 0.6) is 5.75 Å². The Balaban J connectivity index is 0.00000364. The first-order valence-electron chi connectivity index (χ1n) is 9.12. The third-order valence-electron chi connectivity index (χ3n) is 3.81. The largest absolute Gasteiger partial charge is 0.496 e. The molecule has 1 aromatic heterocycles. The number of rotatable bonds is 10. The van der Waals surface area contributed by atoms with Gasteiger partial charge in [0.25, 0.3) is 0 Å². The van der Waals surface area contributed by atoms with Crippen LogP contribution in [0.3, 0.4) is 0 Å². The SMILES string of the molecule is CCNC(=NCc1ccccc1OC)NCCCCNc1ccccn1.I. The van der Waals surface area contributed by atoms with E-state index in [0.29, 0.717) is 6.54 Å². The summed E-state index contributed by atoms with van der Waals surface area (Å²) in [5, 5.41) is 9.98. The van der Waals surface area contributed by atoms with E-state index in [1.165, 1.54) is 0 Å². The molecule has 3 N–H and O–H groups in total. The minimum Gasteiger partial charge on any atom is -0.496 e.